The molecule has 0 unspecified atom stereocenters. The van der Waals surface area contributed by atoms with Crippen LogP contribution >= 0.6 is 0 Å². The number of H-pyrrole nitrogens is 1. The Bertz CT molecular complexity index is 414. The molecule has 0 aliphatic heterocycles. The quantitative estimate of drug-likeness (QED) is 0.769. The number of hydrogen-bond donors (Lipinski definition) is 1. The SMILES string of the molecule is COC(=O)Cc1ccc(C(F)F)c(=O)[nH]1. The highest BCUT2D eigenvalue weighted by molar-refractivity contribution is 5.71. The van der Waals surface area contributed by atoms with Gasteiger partial charge in [0, 0.05) is 5.69 Å². The second-order valence-corrected chi connectivity index (χ2v) is 2.82. The summed E-state index contributed by atoms with van der Waals surface area (Å²) in [5.41, 5.74) is -1.24. The van der Waals surface area contributed by atoms with Gasteiger partial charge in [0.1, 0.15) is 0 Å². The van der Waals surface area contributed by atoms with E-state index in [0.29, 0.717) is 0 Å². The van der Waals surface area contributed by atoms with E-state index in [1.54, 1.807) is 0 Å². The van der Waals surface area contributed by atoms with Crippen molar-refractivity contribution in [2.75, 3.05) is 7.11 Å². The first-order valence-electron chi connectivity index (χ1n) is 4.11. The van der Waals surface area contributed by atoms with Crippen molar-refractivity contribution >= 4 is 5.97 Å². The van der Waals surface area contributed by atoms with Crippen molar-refractivity contribution in [1.29, 1.82) is 0 Å². The highest BCUT2D eigenvalue weighted by atomic mass is 19.3. The summed E-state index contributed by atoms with van der Waals surface area (Å²) in [7, 11) is 1.20. The minimum Gasteiger partial charge on any atom is -0.469 e. The standard InChI is InChI=1S/C9H9F2NO3/c1-15-7(13)4-5-2-3-6(8(10)11)9(14)12-5/h2-3,8H,4H2,1H3,(H,12,14). The van der Waals surface area contributed by atoms with Gasteiger partial charge in [0.2, 0.25) is 0 Å². The topological polar surface area (TPSA) is 59.2 Å². The van der Waals surface area contributed by atoms with Gasteiger partial charge in [0.05, 0.1) is 19.1 Å². The molecule has 1 N–H and O–H groups in total. The monoisotopic (exact) mass is 217 g/mol. The van der Waals surface area contributed by atoms with Crippen LogP contribution < -0.4 is 5.56 Å². The highest BCUT2D eigenvalue weighted by Gasteiger charge is 2.12. The molecule has 0 radical (unpaired) electrons. The molecule has 0 saturated heterocycles. The molecule has 0 atom stereocenters. The molecule has 1 aromatic rings. The molecule has 0 saturated carbocycles. The Balaban J connectivity index is 2.92. The van der Waals surface area contributed by atoms with Crippen molar-refractivity contribution in [2.24, 2.45) is 0 Å². The molecule has 4 nitrogen and oxygen atoms in total. The van der Waals surface area contributed by atoms with Gasteiger partial charge in [-0.25, -0.2) is 8.78 Å². The zero-order valence-electron chi connectivity index (χ0n) is 7.92. The summed E-state index contributed by atoms with van der Waals surface area (Å²) in [6.45, 7) is 0. The first-order valence-corrected chi connectivity index (χ1v) is 4.11. The molecule has 0 fully saturated rings. The zero-order chi connectivity index (χ0) is 11.4. The number of carbonyl (C=O) groups excluding carboxylic acids is 1. The fraction of sp³-hybridized carbons (Fsp3) is 0.333. The minimum atomic E-state index is -2.82. The average molecular weight is 217 g/mol. The minimum absolute atomic E-state index is 0.144. The number of pyridine rings is 1. The number of esters is 1. The number of methoxy groups -OCH3 is 1. The summed E-state index contributed by atoms with van der Waals surface area (Å²) < 4.78 is 28.7. The van der Waals surface area contributed by atoms with Crippen LogP contribution in [-0.2, 0) is 16.0 Å². The predicted octanol–water partition coefficient (Wildman–Crippen LogP) is 1.03. The molecule has 1 rings (SSSR count). The zero-order valence-corrected chi connectivity index (χ0v) is 7.92. The first-order chi connectivity index (χ1) is 7.04. The van der Waals surface area contributed by atoms with E-state index in [1.165, 1.54) is 13.2 Å². The van der Waals surface area contributed by atoms with Crippen LogP contribution in [0.25, 0.3) is 0 Å². The molecule has 1 heterocycles. The van der Waals surface area contributed by atoms with Crippen molar-refractivity contribution in [3.63, 3.8) is 0 Å². The normalized spacial score (nSPS) is 10.4. The predicted molar refractivity (Wildman–Crippen MR) is 47.7 cm³/mol. The van der Waals surface area contributed by atoms with Crippen LogP contribution in [0.1, 0.15) is 17.7 Å². The van der Waals surface area contributed by atoms with Crippen LogP contribution in [0.2, 0.25) is 0 Å². The number of ether oxygens (including phenoxy) is 1. The van der Waals surface area contributed by atoms with Gasteiger partial charge in [-0.3, -0.25) is 9.59 Å². The summed E-state index contributed by atoms with van der Waals surface area (Å²) >= 11 is 0. The lowest BCUT2D eigenvalue weighted by Crippen LogP contribution is -2.16. The Labute approximate surface area is 83.9 Å². The van der Waals surface area contributed by atoms with Crippen molar-refractivity contribution in [3.05, 3.63) is 33.7 Å². The fourth-order valence-corrected chi connectivity index (χ4v) is 1.03. The number of hydrogen-bond acceptors (Lipinski definition) is 3. The molecule has 0 amide bonds. The van der Waals surface area contributed by atoms with Crippen LogP contribution in [0.15, 0.2) is 16.9 Å². The number of nitrogens with one attached hydrogen (secondary N) is 1. The van der Waals surface area contributed by atoms with Crippen LogP contribution in [0.4, 0.5) is 8.78 Å². The second kappa shape index (κ2) is 4.68. The number of carbonyl (C=O) groups is 1. The van der Waals surface area contributed by atoms with E-state index in [-0.39, 0.29) is 12.1 Å². The summed E-state index contributed by atoms with van der Waals surface area (Å²) in [5, 5.41) is 0. The van der Waals surface area contributed by atoms with Gasteiger partial charge in [-0.2, -0.15) is 0 Å². The van der Waals surface area contributed by atoms with Crippen LogP contribution in [0, 0.1) is 0 Å². The highest BCUT2D eigenvalue weighted by Crippen LogP contribution is 2.13. The van der Waals surface area contributed by atoms with E-state index in [9.17, 15) is 18.4 Å². The number of rotatable bonds is 3. The third kappa shape index (κ3) is 2.87. The molecule has 0 aromatic carbocycles. The third-order valence-corrected chi connectivity index (χ3v) is 1.80. The molecule has 0 spiro atoms. The van der Waals surface area contributed by atoms with Gasteiger partial charge in [-0.1, -0.05) is 0 Å². The van der Waals surface area contributed by atoms with Gasteiger partial charge >= 0.3 is 5.97 Å². The number of aromatic amines is 1. The smallest absolute Gasteiger partial charge is 0.311 e. The fourth-order valence-electron chi connectivity index (χ4n) is 1.03. The maximum Gasteiger partial charge on any atom is 0.311 e. The summed E-state index contributed by atoms with van der Waals surface area (Å²) in [4.78, 5) is 24.1. The Morgan fingerprint density at radius 1 is 1.53 bits per heavy atom. The maximum atomic E-state index is 12.2. The van der Waals surface area contributed by atoms with Gasteiger partial charge in [0.25, 0.3) is 12.0 Å². The molecular weight excluding hydrogens is 208 g/mol. The molecule has 0 aliphatic rings. The summed E-state index contributed by atoms with van der Waals surface area (Å²) in [6, 6.07) is 2.27. The average Bonchev–Trinajstić information content (AvgIpc) is 2.17. The molecule has 82 valence electrons. The molecule has 1 aromatic heterocycles. The van der Waals surface area contributed by atoms with E-state index in [0.717, 1.165) is 6.07 Å². The van der Waals surface area contributed by atoms with Crippen LogP contribution in [0.3, 0.4) is 0 Å². The van der Waals surface area contributed by atoms with Crippen molar-refractivity contribution in [1.82, 2.24) is 4.98 Å². The second-order valence-electron chi connectivity index (χ2n) is 2.82. The Hall–Kier alpha value is -1.72. The van der Waals surface area contributed by atoms with E-state index < -0.39 is 23.5 Å². The summed E-state index contributed by atoms with van der Waals surface area (Å²) in [5.74, 6) is -0.546. The number of aromatic nitrogens is 1. The van der Waals surface area contributed by atoms with Crippen molar-refractivity contribution < 1.29 is 18.3 Å². The first kappa shape index (κ1) is 11.4. The summed E-state index contributed by atoms with van der Waals surface area (Å²) in [6.07, 6.45) is -2.96. The molecular formula is C9H9F2NO3. The lowest BCUT2D eigenvalue weighted by atomic mass is 10.2. The van der Waals surface area contributed by atoms with E-state index in [1.807, 2.05) is 0 Å². The Morgan fingerprint density at radius 2 is 2.20 bits per heavy atom. The van der Waals surface area contributed by atoms with Crippen LogP contribution in [0.5, 0.6) is 0 Å². The molecule has 0 bridgehead atoms. The van der Waals surface area contributed by atoms with E-state index >= 15 is 0 Å². The van der Waals surface area contributed by atoms with Gasteiger partial charge in [-0.05, 0) is 12.1 Å². The van der Waals surface area contributed by atoms with Gasteiger partial charge < -0.3 is 9.72 Å². The molecule has 15 heavy (non-hydrogen) atoms. The van der Waals surface area contributed by atoms with Crippen molar-refractivity contribution in [2.45, 2.75) is 12.8 Å². The van der Waals surface area contributed by atoms with Gasteiger partial charge in [-0.15, -0.1) is 0 Å². The van der Waals surface area contributed by atoms with Gasteiger partial charge in [0.15, 0.2) is 0 Å². The Kier molecular flexibility index (Phi) is 3.54. The Morgan fingerprint density at radius 3 is 2.67 bits per heavy atom. The maximum absolute atomic E-state index is 12.2. The third-order valence-electron chi connectivity index (χ3n) is 1.80. The lowest BCUT2D eigenvalue weighted by molar-refractivity contribution is -0.139. The lowest BCUT2D eigenvalue weighted by Gasteiger charge is -2.02. The van der Waals surface area contributed by atoms with Crippen molar-refractivity contribution in [3.8, 4) is 0 Å². The van der Waals surface area contributed by atoms with E-state index in [2.05, 4.69) is 9.72 Å². The molecule has 6 heteroatoms. The largest absolute Gasteiger partial charge is 0.469 e. The number of halogens is 2. The van der Waals surface area contributed by atoms with E-state index in [4.69, 9.17) is 0 Å². The number of alkyl halides is 2. The molecule has 0 aliphatic carbocycles. The van der Waals surface area contributed by atoms with Crippen LogP contribution in [-0.4, -0.2) is 18.1 Å².